The molecule has 10 nitrogen and oxygen atoms in total. The minimum Gasteiger partial charge on any atom is -0.466 e. The lowest BCUT2D eigenvalue weighted by Gasteiger charge is -2.27. The third-order valence-electron chi connectivity index (χ3n) is 3.56. The molecule has 1 aromatic carbocycles. The van der Waals surface area contributed by atoms with Crippen molar-refractivity contribution in [3.05, 3.63) is 45.5 Å². The number of non-ortho nitro benzene ring substituents is 1. The maximum absolute atomic E-state index is 12.2. The number of tetrazole rings is 1. The minimum atomic E-state index is -0.652. The highest BCUT2D eigenvalue weighted by atomic mass is 16.6. The number of rotatable bonds is 3. The van der Waals surface area contributed by atoms with Crippen molar-refractivity contribution < 1.29 is 14.5 Å². The Kier molecular flexibility index (Phi) is 3.48. The number of nitro benzene ring substituents is 1. The Morgan fingerprint density at radius 2 is 2.26 bits per heavy atom. The highest BCUT2D eigenvalue weighted by Crippen LogP contribution is 2.35. The van der Waals surface area contributed by atoms with Gasteiger partial charge in [0, 0.05) is 12.1 Å². The van der Waals surface area contributed by atoms with Crippen LogP contribution in [0.15, 0.2) is 29.8 Å². The topological polar surface area (TPSA) is 125 Å². The number of carbonyl (C=O) groups is 1. The number of methoxy groups -OCH3 is 1. The molecular formula is C13H12N6O4. The quantitative estimate of drug-likeness (QED) is 0.508. The number of hydrogen-bond acceptors (Lipinski definition) is 8. The molecule has 1 aliphatic rings. The fourth-order valence-electron chi connectivity index (χ4n) is 2.47. The summed E-state index contributed by atoms with van der Waals surface area (Å²) < 4.78 is 6.20. The number of aromatic nitrogens is 4. The molecule has 0 spiro atoms. The van der Waals surface area contributed by atoms with Gasteiger partial charge in [-0.15, -0.1) is 0 Å². The maximum Gasteiger partial charge on any atom is 0.338 e. The molecule has 0 saturated carbocycles. The van der Waals surface area contributed by atoms with Crippen LogP contribution in [0.3, 0.4) is 0 Å². The Bertz CT molecular complexity index is 827. The van der Waals surface area contributed by atoms with Crippen molar-refractivity contribution >= 4 is 23.3 Å². The molecule has 118 valence electrons. The van der Waals surface area contributed by atoms with Crippen LogP contribution < -0.4 is 5.32 Å². The summed E-state index contributed by atoms with van der Waals surface area (Å²) >= 11 is 0. The summed E-state index contributed by atoms with van der Waals surface area (Å²) in [5.74, 6) is -0.223. The molecule has 3 rings (SSSR count). The number of fused-ring (bicyclic) bond motifs is 1. The third kappa shape index (κ3) is 2.39. The number of allylic oxidation sites excluding steroid dienone is 1. The molecular weight excluding hydrogens is 304 g/mol. The SMILES string of the molecule is COC(=O)C1=C(C)n2nnnc2NC1c1cccc([N+](=O)[O-])c1. The molecule has 1 aliphatic heterocycles. The predicted octanol–water partition coefficient (Wildman–Crippen LogP) is 1.15. The molecule has 0 amide bonds. The minimum absolute atomic E-state index is 0.0728. The molecule has 10 heteroatoms. The lowest BCUT2D eigenvalue weighted by atomic mass is 9.95. The largest absolute Gasteiger partial charge is 0.466 e. The number of esters is 1. The zero-order chi connectivity index (χ0) is 16.6. The smallest absolute Gasteiger partial charge is 0.338 e. The average Bonchev–Trinajstić information content (AvgIpc) is 3.03. The number of carbonyl (C=O) groups excluding carboxylic acids is 1. The van der Waals surface area contributed by atoms with Gasteiger partial charge in [0.1, 0.15) is 0 Å². The van der Waals surface area contributed by atoms with Gasteiger partial charge in [0.15, 0.2) is 0 Å². The van der Waals surface area contributed by atoms with Crippen molar-refractivity contribution in [3.8, 4) is 0 Å². The predicted molar refractivity (Wildman–Crippen MR) is 78.2 cm³/mol. The van der Waals surface area contributed by atoms with Crippen molar-refractivity contribution in [1.29, 1.82) is 0 Å². The molecule has 2 heterocycles. The third-order valence-corrected chi connectivity index (χ3v) is 3.56. The molecule has 1 aromatic heterocycles. The first-order valence-electron chi connectivity index (χ1n) is 6.61. The summed E-state index contributed by atoms with van der Waals surface area (Å²) in [6.07, 6.45) is 0. The van der Waals surface area contributed by atoms with Gasteiger partial charge in [-0.25, -0.2) is 4.79 Å². The van der Waals surface area contributed by atoms with E-state index < -0.39 is 16.9 Å². The number of nitro groups is 1. The van der Waals surface area contributed by atoms with Crippen LogP contribution in [0.2, 0.25) is 0 Å². The summed E-state index contributed by atoms with van der Waals surface area (Å²) in [7, 11) is 1.27. The molecule has 1 atom stereocenters. The van der Waals surface area contributed by atoms with Crippen molar-refractivity contribution in [2.75, 3.05) is 12.4 Å². The monoisotopic (exact) mass is 316 g/mol. The van der Waals surface area contributed by atoms with Gasteiger partial charge >= 0.3 is 5.97 Å². The first-order valence-corrected chi connectivity index (χ1v) is 6.61. The Morgan fingerprint density at radius 3 is 2.96 bits per heavy atom. The average molecular weight is 316 g/mol. The van der Waals surface area contributed by atoms with Gasteiger partial charge in [0.2, 0.25) is 5.95 Å². The van der Waals surface area contributed by atoms with E-state index in [1.807, 2.05) is 0 Å². The number of nitrogens with zero attached hydrogens (tertiary/aromatic N) is 5. The number of benzene rings is 1. The van der Waals surface area contributed by atoms with Crippen LogP contribution >= 0.6 is 0 Å². The first-order chi connectivity index (χ1) is 11.0. The second-order valence-corrected chi connectivity index (χ2v) is 4.83. The Balaban J connectivity index is 2.14. The fourth-order valence-corrected chi connectivity index (χ4v) is 2.47. The molecule has 0 radical (unpaired) electrons. The van der Waals surface area contributed by atoms with Crippen LogP contribution in [0.5, 0.6) is 0 Å². The van der Waals surface area contributed by atoms with Crippen molar-refractivity contribution in [2.24, 2.45) is 0 Å². The second kappa shape index (κ2) is 5.48. The molecule has 0 bridgehead atoms. The zero-order valence-corrected chi connectivity index (χ0v) is 12.3. The lowest BCUT2D eigenvalue weighted by Crippen LogP contribution is -2.28. The highest BCUT2D eigenvalue weighted by molar-refractivity contribution is 5.97. The van der Waals surface area contributed by atoms with E-state index in [0.29, 0.717) is 17.2 Å². The molecule has 2 aromatic rings. The molecule has 23 heavy (non-hydrogen) atoms. The fraction of sp³-hybridized carbons (Fsp3) is 0.231. The van der Waals surface area contributed by atoms with E-state index in [1.54, 1.807) is 19.1 Å². The summed E-state index contributed by atoms with van der Waals surface area (Å²) in [5, 5.41) is 25.2. The van der Waals surface area contributed by atoms with E-state index >= 15 is 0 Å². The summed E-state index contributed by atoms with van der Waals surface area (Å²) in [4.78, 5) is 22.7. The first kappa shape index (κ1) is 14.6. The highest BCUT2D eigenvalue weighted by Gasteiger charge is 2.33. The van der Waals surface area contributed by atoms with Gasteiger partial charge in [-0.3, -0.25) is 10.1 Å². The van der Waals surface area contributed by atoms with Crippen molar-refractivity contribution in [1.82, 2.24) is 20.2 Å². The van der Waals surface area contributed by atoms with E-state index in [-0.39, 0.29) is 11.3 Å². The zero-order valence-electron chi connectivity index (χ0n) is 12.3. The maximum atomic E-state index is 12.2. The van der Waals surface area contributed by atoms with Crippen LogP contribution in [0.4, 0.5) is 11.6 Å². The number of anilines is 1. The van der Waals surface area contributed by atoms with Crippen LogP contribution in [0.1, 0.15) is 18.5 Å². The Morgan fingerprint density at radius 1 is 1.48 bits per heavy atom. The molecule has 0 saturated heterocycles. The van der Waals surface area contributed by atoms with Gasteiger partial charge in [-0.05, 0) is 22.9 Å². The van der Waals surface area contributed by atoms with Crippen molar-refractivity contribution in [3.63, 3.8) is 0 Å². The van der Waals surface area contributed by atoms with E-state index in [2.05, 4.69) is 20.8 Å². The van der Waals surface area contributed by atoms with E-state index in [9.17, 15) is 14.9 Å². The van der Waals surface area contributed by atoms with Crippen LogP contribution in [0.25, 0.3) is 5.70 Å². The van der Waals surface area contributed by atoms with Crippen LogP contribution in [-0.4, -0.2) is 38.2 Å². The Labute approximate surface area is 129 Å². The van der Waals surface area contributed by atoms with Gasteiger partial charge in [0.05, 0.1) is 29.3 Å². The molecule has 0 fully saturated rings. The van der Waals surface area contributed by atoms with E-state index in [0.717, 1.165) is 0 Å². The Hall–Kier alpha value is -3.30. The molecule has 1 unspecified atom stereocenters. The van der Waals surface area contributed by atoms with E-state index in [4.69, 9.17) is 4.74 Å². The molecule has 0 aliphatic carbocycles. The van der Waals surface area contributed by atoms with Crippen LogP contribution in [-0.2, 0) is 9.53 Å². The number of hydrogen-bond donors (Lipinski definition) is 1. The van der Waals surface area contributed by atoms with Gasteiger partial charge in [-0.2, -0.15) is 4.68 Å². The number of nitrogens with one attached hydrogen (secondary N) is 1. The standard InChI is InChI=1S/C13H12N6O4/c1-7-10(12(20)23-2)11(14-13-15-16-17-18(7)13)8-4-3-5-9(6-8)19(21)22/h3-6,11H,1-2H3,(H,14,15,17). The van der Waals surface area contributed by atoms with Gasteiger partial charge < -0.3 is 10.1 Å². The van der Waals surface area contributed by atoms with E-state index in [1.165, 1.54) is 23.9 Å². The van der Waals surface area contributed by atoms with Gasteiger partial charge in [-0.1, -0.05) is 17.2 Å². The summed E-state index contributed by atoms with van der Waals surface area (Å²) in [6.45, 7) is 1.68. The van der Waals surface area contributed by atoms with Crippen molar-refractivity contribution in [2.45, 2.75) is 13.0 Å². The number of ether oxygens (including phenoxy) is 1. The summed E-state index contributed by atoms with van der Waals surface area (Å²) in [5.41, 5.74) is 1.24. The second-order valence-electron chi connectivity index (χ2n) is 4.83. The van der Waals surface area contributed by atoms with Crippen LogP contribution in [0, 0.1) is 10.1 Å². The normalized spacial score (nSPS) is 16.5. The molecule has 1 N–H and O–H groups in total. The summed E-state index contributed by atoms with van der Waals surface area (Å²) in [6, 6.07) is 5.36. The lowest BCUT2D eigenvalue weighted by molar-refractivity contribution is -0.384. The van der Waals surface area contributed by atoms with Gasteiger partial charge in [0.25, 0.3) is 5.69 Å².